The van der Waals surface area contributed by atoms with Gasteiger partial charge < -0.3 is 4.90 Å². The molecule has 0 spiro atoms. The van der Waals surface area contributed by atoms with E-state index in [2.05, 4.69) is 61.7 Å². The molecule has 0 unspecified atom stereocenters. The highest BCUT2D eigenvalue weighted by atomic mass is 15.1. The summed E-state index contributed by atoms with van der Waals surface area (Å²) in [6, 6.07) is 10.5. The fraction of sp³-hybridized carbons (Fsp3) is 0.200. The van der Waals surface area contributed by atoms with E-state index in [1.807, 2.05) is 6.07 Å². The fourth-order valence-corrected chi connectivity index (χ4v) is 2.09. The van der Waals surface area contributed by atoms with Crippen molar-refractivity contribution in [1.29, 1.82) is 0 Å². The molecule has 1 aromatic carbocycles. The van der Waals surface area contributed by atoms with Gasteiger partial charge in [0.05, 0.1) is 5.70 Å². The second-order valence-corrected chi connectivity index (χ2v) is 3.97. The minimum absolute atomic E-state index is 0.949. The molecule has 0 aromatic heterocycles. The summed E-state index contributed by atoms with van der Waals surface area (Å²) in [5.41, 5.74) is 4.88. The molecule has 1 nitrogen and oxygen atoms in total. The fourth-order valence-electron chi connectivity index (χ4n) is 2.09. The molecule has 1 heterocycles. The maximum absolute atomic E-state index is 4.08. The zero-order chi connectivity index (χ0) is 11.5. The van der Waals surface area contributed by atoms with Crippen LogP contribution in [-0.4, -0.2) is 11.4 Å². The first-order valence-electron chi connectivity index (χ1n) is 5.65. The molecule has 0 saturated heterocycles. The normalized spacial score (nSPS) is 15.9. The van der Waals surface area contributed by atoms with E-state index < -0.39 is 0 Å². The number of hydrogen-bond donors (Lipinski definition) is 0. The molecule has 1 aliphatic heterocycles. The summed E-state index contributed by atoms with van der Waals surface area (Å²) in [5, 5.41) is 0. The van der Waals surface area contributed by atoms with E-state index in [1.165, 1.54) is 16.8 Å². The summed E-state index contributed by atoms with van der Waals surface area (Å²) in [5.74, 6) is 0. The van der Waals surface area contributed by atoms with E-state index in [1.54, 1.807) is 0 Å². The van der Waals surface area contributed by atoms with Gasteiger partial charge in [0, 0.05) is 12.2 Å². The second kappa shape index (κ2) is 4.40. The lowest BCUT2D eigenvalue weighted by atomic mass is 10.0. The zero-order valence-electron chi connectivity index (χ0n) is 9.90. The standard InChI is InChI=1S/C15H17N/c1-4-16-13(3)11-10-12(2)15(16)14-8-6-5-7-9-14/h5-11H,3-4H2,1-2H3. The van der Waals surface area contributed by atoms with Crippen LogP contribution in [0, 0.1) is 0 Å². The van der Waals surface area contributed by atoms with E-state index >= 15 is 0 Å². The minimum atomic E-state index is 0.949. The zero-order valence-corrected chi connectivity index (χ0v) is 9.90. The van der Waals surface area contributed by atoms with Crippen LogP contribution in [0.4, 0.5) is 0 Å². The molecule has 16 heavy (non-hydrogen) atoms. The van der Waals surface area contributed by atoms with E-state index in [9.17, 15) is 0 Å². The van der Waals surface area contributed by atoms with E-state index in [-0.39, 0.29) is 0 Å². The first kappa shape index (κ1) is 10.7. The summed E-state index contributed by atoms with van der Waals surface area (Å²) in [7, 11) is 0. The van der Waals surface area contributed by atoms with Gasteiger partial charge in [-0.1, -0.05) is 43.0 Å². The molecule has 0 radical (unpaired) electrons. The lowest BCUT2D eigenvalue weighted by Gasteiger charge is -2.31. The Hall–Kier alpha value is -1.76. The molecule has 0 aliphatic carbocycles. The molecule has 1 aromatic rings. The number of nitrogens with zero attached hydrogens (tertiary/aromatic N) is 1. The average molecular weight is 211 g/mol. The van der Waals surface area contributed by atoms with E-state index in [0.29, 0.717) is 0 Å². The maximum Gasteiger partial charge on any atom is 0.0513 e. The topological polar surface area (TPSA) is 3.24 Å². The van der Waals surface area contributed by atoms with Crippen LogP contribution in [0.1, 0.15) is 19.4 Å². The molecule has 0 amide bonds. The summed E-state index contributed by atoms with van der Waals surface area (Å²) in [4.78, 5) is 2.25. The van der Waals surface area contributed by atoms with Crippen LogP contribution in [-0.2, 0) is 0 Å². The molecule has 1 aliphatic rings. The predicted molar refractivity (Wildman–Crippen MR) is 69.7 cm³/mol. The van der Waals surface area contributed by atoms with Crippen LogP contribution in [0.25, 0.3) is 5.70 Å². The highest BCUT2D eigenvalue weighted by molar-refractivity contribution is 5.72. The van der Waals surface area contributed by atoms with Crippen LogP contribution in [0.3, 0.4) is 0 Å². The van der Waals surface area contributed by atoms with Crippen molar-refractivity contribution < 1.29 is 0 Å². The van der Waals surface area contributed by atoms with Gasteiger partial charge in [-0.2, -0.15) is 0 Å². The minimum Gasteiger partial charge on any atom is -0.342 e. The third kappa shape index (κ3) is 1.81. The van der Waals surface area contributed by atoms with Gasteiger partial charge in [0.25, 0.3) is 0 Å². The first-order chi connectivity index (χ1) is 7.74. The Morgan fingerprint density at radius 2 is 1.81 bits per heavy atom. The quantitative estimate of drug-likeness (QED) is 0.718. The summed E-state index contributed by atoms with van der Waals surface area (Å²) in [6.07, 6.45) is 4.21. The van der Waals surface area contributed by atoms with Gasteiger partial charge in [0.1, 0.15) is 0 Å². The van der Waals surface area contributed by atoms with Crippen LogP contribution in [0.2, 0.25) is 0 Å². The van der Waals surface area contributed by atoms with Crippen molar-refractivity contribution in [2.24, 2.45) is 0 Å². The number of hydrogen-bond acceptors (Lipinski definition) is 1. The molecule has 0 saturated carbocycles. The summed E-state index contributed by atoms with van der Waals surface area (Å²) >= 11 is 0. The molecule has 0 atom stereocenters. The third-order valence-corrected chi connectivity index (χ3v) is 2.88. The van der Waals surface area contributed by atoms with E-state index in [4.69, 9.17) is 0 Å². The number of allylic oxidation sites excluding steroid dienone is 3. The molecular weight excluding hydrogens is 194 g/mol. The molecule has 0 bridgehead atoms. The summed E-state index contributed by atoms with van der Waals surface area (Å²) < 4.78 is 0. The maximum atomic E-state index is 4.08. The van der Waals surface area contributed by atoms with Crippen molar-refractivity contribution in [3.05, 3.63) is 65.9 Å². The van der Waals surface area contributed by atoms with Gasteiger partial charge in [-0.05, 0) is 31.1 Å². The van der Waals surface area contributed by atoms with Gasteiger partial charge in [0.15, 0.2) is 0 Å². The van der Waals surface area contributed by atoms with Crippen molar-refractivity contribution >= 4 is 5.70 Å². The molecule has 0 N–H and O–H groups in total. The molecular formula is C15H17N. The molecule has 1 heteroatoms. The highest BCUT2D eigenvalue weighted by Gasteiger charge is 2.16. The Balaban J connectivity index is 2.51. The van der Waals surface area contributed by atoms with Gasteiger partial charge in [0.2, 0.25) is 0 Å². The SMILES string of the molecule is C=C1C=CC(C)=C(c2ccccc2)N1CC. The highest BCUT2D eigenvalue weighted by Crippen LogP contribution is 2.30. The van der Waals surface area contributed by atoms with Gasteiger partial charge >= 0.3 is 0 Å². The van der Waals surface area contributed by atoms with Crippen LogP contribution < -0.4 is 0 Å². The lowest BCUT2D eigenvalue weighted by molar-refractivity contribution is 0.527. The first-order valence-corrected chi connectivity index (χ1v) is 5.65. The van der Waals surface area contributed by atoms with Crippen molar-refractivity contribution in [2.75, 3.05) is 6.54 Å². The summed E-state index contributed by atoms with van der Waals surface area (Å²) in [6.45, 7) is 9.33. The van der Waals surface area contributed by atoms with Gasteiger partial charge in [-0.3, -0.25) is 0 Å². The Morgan fingerprint density at radius 1 is 1.12 bits per heavy atom. The van der Waals surface area contributed by atoms with Crippen molar-refractivity contribution in [3.8, 4) is 0 Å². The number of rotatable bonds is 2. The second-order valence-electron chi connectivity index (χ2n) is 3.97. The lowest BCUT2D eigenvalue weighted by Crippen LogP contribution is -2.22. The van der Waals surface area contributed by atoms with Crippen LogP contribution in [0.5, 0.6) is 0 Å². The van der Waals surface area contributed by atoms with Crippen molar-refractivity contribution in [2.45, 2.75) is 13.8 Å². The van der Waals surface area contributed by atoms with Crippen LogP contribution in [0.15, 0.2) is 60.3 Å². The van der Waals surface area contributed by atoms with Gasteiger partial charge in [-0.25, -0.2) is 0 Å². The molecule has 0 fully saturated rings. The molecule has 82 valence electrons. The molecule has 2 rings (SSSR count). The monoisotopic (exact) mass is 211 g/mol. The van der Waals surface area contributed by atoms with E-state index in [0.717, 1.165) is 12.2 Å². The predicted octanol–water partition coefficient (Wildman–Crippen LogP) is 3.82. The largest absolute Gasteiger partial charge is 0.342 e. The van der Waals surface area contributed by atoms with Gasteiger partial charge in [-0.15, -0.1) is 0 Å². The average Bonchev–Trinajstić information content (AvgIpc) is 2.33. The Kier molecular flexibility index (Phi) is 2.95. The third-order valence-electron chi connectivity index (χ3n) is 2.88. The van der Waals surface area contributed by atoms with Crippen molar-refractivity contribution in [3.63, 3.8) is 0 Å². The smallest absolute Gasteiger partial charge is 0.0513 e. The number of likely N-dealkylation sites (N-methyl/N-ethyl adjacent to an activating group) is 1. The van der Waals surface area contributed by atoms with Crippen LogP contribution >= 0.6 is 0 Å². The Morgan fingerprint density at radius 3 is 2.44 bits per heavy atom. The Bertz CT molecular complexity index is 452. The van der Waals surface area contributed by atoms with Crippen molar-refractivity contribution in [1.82, 2.24) is 4.90 Å². The Labute approximate surface area is 97.4 Å². The number of benzene rings is 1.